The van der Waals surface area contributed by atoms with Crippen molar-refractivity contribution in [3.63, 3.8) is 0 Å². The van der Waals surface area contributed by atoms with Crippen LogP contribution in [0.3, 0.4) is 0 Å². The van der Waals surface area contributed by atoms with Gasteiger partial charge in [-0.25, -0.2) is 4.68 Å². The average molecular weight is 503 g/mol. The highest BCUT2D eigenvalue weighted by Crippen LogP contribution is 2.34. The molecule has 1 aromatic heterocycles. The molecule has 9 nitrogen and oxygen atoms in total. The van der Waals surface area contributed by atoms with Crippen LogP contribution in [-0.2, 0) is 4.79 Å². The molecule has 1 saturated heterocycles. The van der Waals surface area contributed by atoms with Crippen molar-refractivity contribution in [3.05, 3.63) is 72.3 Å². The molecule has 1 aliphatic heterocycles. The van der Waals surface area contributed by atoms with Crippen molar-refractivity contribution in [2.75, 3.05) is 32.9 Å². The molecule has 0 radical (unpaired) electrons. The third-order valence-corrected chi connectivity index (χ3v) is 6.52. The molecule has 0 aliphatic carbocycles. The minimum atomic E-state index is -0.646. The highest BCUT2D eigenvalue weighted by atomic mass is 16.5. The van der Waals surface area contributed by atoms with Crippen LogP contribution in [0.1, 0.15) is 36.2 Å². The number of ether oxygens (including phenoxy) is 1. The Morgan fingerprint density at radius 2 is 1.76 bits per heavy atom. The SMILES string of the molecule is CC1CCC(n2nc(-c3ccc(Oc4ccccc4)cc3)c(C(N)=O)c2N)CN1C(=O)/C=C/CN(C)C. The zero-order chi connectivity index (χ0) is 26.5. The van der Waals surface area contributed by atoms with E-state index in [1.807, 2.05) is 91.5 Å². The number of carbonyl (C=O) groups is 2. The topological polar surface area (TPSA) is 120 Å². The molecule has 0 bridgehead atoms. The van der Waals surface area contributed by atoms with Gasteiger partial charge in [0, 0.05) is 30.8 Å². The van der Waals surface area contributed by atoms with Gasteiger partial charge in [-0.05, 0) is 70.3 Å². The fourth-order valence-corrected chi connectivity index (χ4v) is 4.53. The maximum Gasteiger partial charge on any atom is 0.254 e. The molecule has 37 heavy (non-hydrogen) atoms. The Morgan fingerprint density at radius 3 is 2.41 bits per heavy atom. The molecule has 2 heterocycles. The Balaban J connectivity index is 1.58. The highest BCUT2D eigenvalue weighted by Gasteiger charge is 2.32. The van der Waals surface area contributed by atoms with Gasteiger partial charge in [-0.3, -0.25) is 9.59 Å². The van der Waals surface area contributed by atoms with E-state index in [2.05, 4.69) is 0 Å². The lowest BCUT2D eigenvalue weighted by Crippen LogP contribution is -2.45. The summed E-state index contributed by atoms with van der Waals surface area (Å²) in [6.07, 6.45) is 5.05. The van der Waals surface area contributed by atoms with Crippen LogP contribution in [-0.4, -0.2) is 64.6 Å². The third-order valence-electron chi connectivity index (χ3n) is 6.52. The van der Waals surface area contributed by atoms with E-state index in [0.717, 1.165) is 18.6 Å². The van der Waals surface area contributed by atoms with Gasteiger partial charge in [-0.15, -0.1) is 0 Å². The Bertz CT molecular complexity index is 1270. The van der Waals surface area contributed by atoms with E-state index < -0.39 is 5.91 Å². The smallest absolute Gasteiger partial charge is 0.254 e. The first kappa shape index (κ1) is 26.0. The maximum absolute atomic E-state index is 12.9. The van der Waals surface area contributed by atoms with Gasteiger partial charge in [0.1, 0.15) is 28.6 Å². The van der Waals surface area contributed by atoms with Gasteiger partial charge in [0.2, 0.25) is 5.91 Å². The number of aromatic nitrogens is 2. The Kier molecular flexibility index (Phi) is 7.93. The first-order chi connectivity index (χ1) is 17.7. The number of anilines is 1. The summed E-state index contributed by atoms with van der Waals surface area (Å²) in [6.45, 7) is 3.17. The minimum absolute atomic E-state index is 0.0471. The number of rotatable bonds is 8. The van der Waals surface area contributed by atoms with Gasteiger partial charge in [0.15, 0.2) is 0 Å². The standard InChI is InChI=1S/C28H34N6O3/c1-19-11-14-21(18-33(19)24(35)10-7-17-32(2)3)34-27(29)25(28(30)36)26(31-34)20-12-15-23(16-13-20)37-22-8-5-4-6-9-22/h4-10,12-13,15-16,19,21H,11,14,17-18,29H2,1-3H3,(H2,30,36)/b10-7+. The second kappa shape index (κ2) is 11.3. The van der Waals surface area contributed by atoms with Crippen LogP contribution in [0.5, 0.6) is 11.5 Å². The summed E-state index contributed by atoms with van der Waals surface area (Å²) < 4.78 is 7.52. The number of nitrogens with zero attached hydrogens (tertiary/aromatic N) is 4. The van der Waals surface area contributed by atoms with E-state index in [0.29, 0.717) is 30.1 Å². The van der Waals surface area contributed by atoms with Crippen molar-refractivity contribution >= 4 is 17.6 Å². The zero-order valence-corrected chi connectivity index (χ0v) is 21.5. The summed E-state index contributed by atoms with van der Waals surface area (Å²) in [5, 5.41) is 4.73. The molecule has 2 unspecified atom stereocenters. The first-order valence-corrected chi connectivity index (χ1v) is 12.4. The van der Waals surface area contributed by atoms with Crippen LogP contribution in [0.25, 0.3) is 11.3 Å². The normalized spacial score (nSPS) is 17.9. The van der Waals surface area contributed by atoms with Crippen LogP contribution in [0.4, 0.5) is 5.82 Å². The lowest BCUT2D eigenvalue weighted by molar-refractivity contribution is -0.130. The van der Waals surface area contributed by atoms with Crippen LogP contribution < -0.4 is 16.2 Å². The Morgan fingerprint density at radius 1 is 1.08 bits per heavy atom. The monoisotopic (exact) mass is 502 g/mol. The summed E-state index contributed by atoms with van der Waals surface area (Å²) in [6, 6.07) is 16.7. The van der Waals surface area contributed by atoms with Crippen molar-refractivity contribution in [1.29, 1.82) is 0 Å². The molecule has 0 saturated carbocycles. The van der Waals surface area contributed by atoms with E-state index >= 15 is 0 Å². The molecule has 0 spiro atoms. The summed E-state index contributed by atoms with van der Waals surface area (Å²) in [5.74, 6) is 0.896. The fraction of sp³-hybridized carbons (Fsp3) is 0.321. The number of nitrogens with two attached hydrogens (primary N) is 2. The molecular formula is C28H34N6O3. The third kappa shape index (κ3) is 6.00. The van der Waals surface area contributed by atoms with Crippen LogP contribution in [0.15, 0.2) is 66.7 Å². The summed E-state index contributed by atoms with van der Waals surface area (Å²) >= 11 is 0. The molecule has 3 aromatic rings. The molecule has 4 N–H and O–H groups in total. The molecule has 2 amide bonds. The number of hydrogen-bond donors (Lipinski definition) is 2. The van der Waals surface area contributed by atoms with Gasteiger partial charge in [0.05, 0.1) is 6.04 Å². The average Bonchev–Trinajstić information content (AvgIpc) is 3.22. The van der Waals surface area contributed by atoms with Crippen LogP contribution in [0, 0.1) is 0 Å². The number of likely N-dealkylation sites (N-methyl/N-ethyl adjacent to an activating group) is 1. The molecule has 2 atom stereocenters. The predicted octanol–water partition coefficient (Wildman–Crippen LogP) is 3.69. The summed E-state index contributed by atoms with van der Waals surface area (Å²) in [7, 11) is 3.90. The predicted molar refractivity (Wildman–Crippen MR) is 144 cm³/mol. The maximum atomic E-state index is 12.9. The van der Waals surface area contributed by atoms with Gasteiger partial charge in [-0.1, -0.05) is 24.3 Å². The molecule has 1 aliphatic rings. The Hall–Kier alpha value is -4.11. The molecule has 9 heteroatoms. The number of carbonyl (C=O) groups excluding carboxylic acids is 2. The largest absolute Gasteiger partial charge is 0.457 e. The molecular weight excluding hydrogens is 468 g/mol. The Labute approximate surface area is 217 Å². The molecule has 1 fully saturated rings. The molecule has 2 aromatic carbocycles. The zero-order valence-electron chi connectivity index (χ0n) is 21.5. The van der Waals surface area contributed by atoms with Crippen LogP contribution >= 0.6 is 0 Å². The number of nitrogen functional groups attached to an aromatic ring is 1. The number of primary amides is 1. The lowest BCUT2D eigenvalue weighted by Gasteiger charge is -2.37. The van der Waals surface area contributed by atoms with Gasteiger partial charge in [-0.2, -0.15) is 5.10 Å². The number of hydrogen-bond acceptors (Lipinski definition) is 6. The van der Waals surface area contributed by atoms with Crippen molar-refractivity contribution in [1.82, 2.24) is 19.6 Å². The first-order valence-electron chi connectivity index (χ1n) is 12.4. The number of amides is 2. The van der Waals surface area contributed by atoms with Crippen molar-refractivity contribution in [2.24, 2.45) is 5.73 Å². The summed E-state index contributed by atoms with van der Waals surface area (Å²) in [5.41, 5.74) is 13.4. The van der Waals surface area contributed by atoms with Crippen molar-refractivity contribution in [3.8, 4) is 22.8 Å². The van der Waals surface area contributed by atoms with E-state index in [1.54, 1.807) is 10.8 Å². The fourth-order valence-electron chi connectivity index (χ4n) is 4.53. The van der Waals surface area contributed by atoms with Gasteiger partial charge < -0.3 is 26.0 Å². The van der Waals surface area contributed by atoms with E-state index in [-0.39, 0.29) is 29.4 Å². The second-order valence-electron chi connectivity index (χ2n) is 9.59. The molecule has 4 rings (SSSR count). The van der Waals surface area contributed by atoms with E-state index in [4.69, 9.17) is 21.3 Å². The van der Waals surface area contributed by atoms with Crippen molar-refractivity contribution < 1.29 is 14.3 Å². The van der Waals surface area contributed by atoms with Crippen LogP contribution in [0.2, 0.25) is 0 Å². The lowest BCUT2D eigenvalue weighted by atomic mass is 9.99. The quantitative estimate of drug-likeness (QED) is 0.453. The second-order valence-corrected chi connectivity index (χ2v) is 9.59. The van der Waals surface area contributed by atoms with E-state index in [1.165, 1.54) is 0 Å². The minimum Gasteiger partial charge on any atom is -0.457 e. The molecule has 194 valence electrons. The number of piperidine rings is 1. The van der Waals surface area contributed by atoms with Gasteiger partial charge >= 0.3 is 0 Å². The highest BCUT2D eigenvalue weighted by molar-refractivity contribution is 6.03. The number of likely N-dealkylation sites (tertiary alicyclic amines) is 1. The van der Waals surface area contributed by atoms with E-state index in [9.17, 15) is 9.59 Å². The number of para-hydroxylation sites is 1. The van der Waals surface area contributed by atoms with Crippen molar-refractivity contribution in [2.45, 2.75) is 31.8 Å². The summed E-state index contributed by atoms with van der Waals surface area (Å²) in [4.78, 5) is 29.1. The van der Waals surface area contributed by atoms with Gasteiger partial charge in [0.25, 0.3) is 5.91 Å². The number of benzene rings is 2.